The van der Waals surface area contributed by atoms with Crippen LogP contribution >= 0.6 is 11.6 Å². The van der Waals surface area contributed by atoms with Crippen LogP contribution in [0.5, 0.6) is 0 Å². The highest BCUT2D eigenvalue weighted by molar-refractivity contribution is 6.33. The smallest absolute Gasteiger partial charge is 0.257 e. The first-order valence-electron chi connectivity index (χ1n) is 7.63. The molecule has 0 atom stereocenters. The molecule has 126 valence electrons. The summed E-state index contributed by atoms with van der Waals surface area (Å²) in [6, 6.07) is 16.8. The molecule has 2 aromatic carbocycles. The predicted molar refractivity (Wildman–Crippen MR) is 97.4 cm³/mol. The number of para-hydroxylation sites is 1. The number of carbonyl (C=O) groups is 1. The summed E-state index contributed by atoms with van der Waals surface area (Å²) in [5.41, 5.74) is 1.48. The predicted octanol–water partition coefficient (Wildman–Crippen LogP) is 4.74. The maximum absolute atomic E-state index is 13.6. The summed E-state index contributed by atoms with van der Waals surface area (Å²) in [4.78, 5) is 16.4. The topological polar surface area (TPSA) is 54.0 Å². The summed E-state index contributed by atoms with van der Waals surface area (Å²) in [6.07, 6.45) is 1.45. The molecule has 1 aromatic heterocycles. The maximum Gasteiger partial charge on any atom is 0.257 e. The molecule has 3 aromatic rings. The minimum Gasteiger partial charge on any atom is -0.366 e. The molecule has 0 saturated heterocycles. The van der Waals surface area contributed by atoms with Crippen LogP contribution in [0.1, 0.15) is 15.9 Å². The molecule has 1 heterocycles. The SMILES string of the molecule is O=C(Nc1ccccc1Cl)c1ccc(NCc2ccccc2F)nc1. The molecule has 0 bridgehead atoms. The fourth-order valence-electron chi connectivity index (χ4n) is 2.22. The van der Waals surface area contributed by atoms with Crippen LogP contribution in [-0.4, -0.2) is 10.9 Å². The summed E-state index contributed by atoms with van der Waals surface area (Å²) >= 11 is 6.02. The number of nitrogens with one attached hydrogen (secondary N) is 2. The zero-order chi connectivity index (χ0) is 17.6. The standard InChI is InChI=1S/C19H15ClFN3O/c20-15-6-2-4-8-17(15)24-19(25)14-9-10-18(23-12-14)22-11-13-5-1-3-7-16(13)21/h1-10,12H,11H2,(H,22,23)(H,24,25). The lowest BCUT2D eigenvalue weighted by atomic mass is 10.2. The second-order valence-corrected chi connectivity index (χ2v) is 5.72. The molecule has 0 saturated carbocycles. The highest BCUT2D eigenvalue weighted by Crippen LogP contribution is 2.21. The number of hydrogen-bond donors (Lipinski definition) is 2. The number of pyridine rings is 1. The Labute approximate surface area is 149 Å². The largest absolute Gasteiger partial charge is 0.366 e. The Morgan fingerprint density at radius 2 is 1.80 bits per heavy atom. The van der Waals surface area contributed by atoms with Gasteiger partial charge in [-0.1, -0.05) is 41.9 Å². The Hall–Kier alpha value is -2.92. The van der Waals surface area contributed by atoms with Crippen molar-refractivity contribution in [2.45, 2.75) is 6.54 Å². The summed E-state index contributed by atoms with van der Waals surface area (Å²) < 4.78 is 13.6. The van der Waals surface area contributed by atoms with Gasteiger partial charge in [-0.05, 0) is 30.3 Å². The third-order valence-corrected chi connectivity index (χ3v) is 3.90. The van der Waals surface area contributed by atoms with Gasteiger partial charge >= 0.3 is 0 Å². The summed E-state index contributed by atoms with van der Waals surface area (Å²) in [6.45, 7) is 0.310. The lowest BCUT2D eigenvalue weighted by Gasteiger charge is -2.09. The fourth-order valence-corrected chi connectivity index (χ4v) is 2.40. The molecule has 0 spiro atoms. The number of carbonyl (C=O) groups excluding carboxylic acids is 1. The van der Waals surface area contributed by atoms with Crippen LogP contribution in [0.25, 0.3) is 0 Å². The third kappa shape index (κ3) is 4.33. The van der Waals surface area contributed by atoms with E-state index in [1.165, 1.54) is 12.3 Å². The van der Waals surface area contributed by atoms with Gasteiger partial charge in [-0.25, -0.2) is 9.37 Å². The number of aromatic nitrogens is 1. The van der Waals surface area contributed by atoms with E-state index in [-0.39, 0.29) is 11.7 Å². The highest BCUT2D eigenvalue weighted by Gasteiger charge is 2.09. The molecule has 4 nitrogen and oxygen atoms in total. The van der Waals surface area contributed by atoms with E-state index in [4.69, 9.17) is 11.6 Å². The van der Waals surface area contributed by atoms with Gasteiger partial charge < -0.3 is 10.6 Å². The van der Waals surface area contributed by atoms with E-state index >= 15 is 0 Å². The van der Waals surface area contributed by atoms with Crippen molar-refractivity contribution in [3.63, 3.8) is 0 Å². The maximum atomic E-state index is 13.6. The van der Waals surface area contributed by atoms with Gasteiger partial charge in [-0.2, -0.15) is 0 Å². The van der Waals surface area contributed by atoms with Crippen molar-refractivity contribution < 1.29 is 9.18 Å². The van der Waals surface area contributed by atoms with E-state index in [1.54, 1.807) is 54.6 Å². The van der Waals surface area contributed by atoms with Crippen molar-refractivity contribution in [1.82, 2.24) is 4.98 Å². The summed E-state index contributed by atoms with van der Waals surface area (Å²) in [5, 5.41) is 6.22. The monoisotopic (exact) mass is 355 g/mol. The zero-order valence-corrected chi connectivity index (χ0v) is 13.9. The van der Waals surface area contributed by atoms with Gasteiger partial charge in [-0.3, -0.25) is 4.79 Å². The van der Waals surface area contributed by atoms with Crippen molar-refractivity contribution in [2.24, 2.45) is 0 Å². The number of amides is 1. The van der Waals surface area contributed by atoms with Crippen molar-refractivity contribution in [3.05, 3.63) is 88.8 Å². The van der Waals surface area contributed by atoms with E-state index in [9.17, 15) is 9.18 Å². The van der Waals surface area contributed by atoms with Crippen molar-refractivity contribution >= 4 is 29.0 Å². The molecule has 0 aliphatic heterocycles. The van der Waals surface area contributed by atoms with Gasteiger partial charge in [0.25, 0.3) is 5.91 Å². The number of halogens is 2. The average Bonchev–Trinajstić information content (AvgIpc) is 2.63. The number of benzene rings is 2. The van der Waals surface area contributed by atoms with E-state index in [1.807, 2.05) is 0 Å². The molecule has 0 unspecified atom stereocenters. The number of anilines is 2. The minimum absolute atomic E-state index is 0.272. The Bertz CT molecular complexity index is 884. The Balaban J connectivity index is 1.63. The van der Waals surface area contributed by atoms with Gasteiger partial charge in [0, 0.05) is 18.3 Å². The van der Waals surface area contributed by atoms with Crippen molar-refractivity contribution in [3.8, 4) is 0 Å². The number of hydrogen-bond acceptors (Lipinski definition) is 3. The summed E-state index contributed by atoms with van der Waals surface area (Å²) in [7, 11) is 0. The van der Waals surface area contributed by atoms with Crippen molar-refractivity contribution in [2.75, 3.05) is 10.6 Å². The number of rotatable bonds is 5. The van der Waals surface area contributed by atoms with Gasteiger partial charge in [0.05, 0.1) is 16.3 Å². The lowest BCUT2D eigenvalue weighted by Crippen LogP contribution is -2.13. The van der Waals surface area contributed by atoms with Gasteiger partial charge in [0.1, 0.15) is 11.6 Å². The van der Waals surface area contributed by atoms with E-state index < -0.39 is 0 Å². The molecular weight excluding hydrogens is 341 g/mol. The van der Waals surface area contributed by atoms with Crippen LogP contribution in [0.3, 0.4) is 0 Å². The molecule has 0 aliphatic carbocycles. The molecular formula is C19H15ClFN3O. The Kier molecular flexibility index (Phi) is 5.26. The average molecular weight is 356 g/mol. The number of nitrogens with zero attached hydrogens (tertiary/aromatic N) is 1. The third-order valence-electron chi connectivity index (χ3n) is 3.57. The van der Waals surface area contributed by atoms with Crippen LogP contribution in [0.4, 0.5) is 15.9 Å². The van der Waals surface area contributed by atoms with E-state index in [0.29, 0.717) is 34.2 Å². The van der Waals surface area contributed by atoms with Crippen LogP contribution in [0.15, 0.2) is 66.9 Å². The molecule has 1 amide bonds. The zero-order valence-electron chi connectivity index (χ0n) is 13.2. The molecule has 25 heavy (non-hydrogen) atoms. The van der Waals surface area contributed by atoms with Crippen LogP contribution in [0.2, 0.25) is 5.02 Å². The van der Waals surface area contributed by atoms with Gasteiger partial charge in [0.15, 0.2) is 0 Å². The first kappa shape index (κ1) is 16.9. The van der Waals surface area contributed by atoms with Crippen molar-refractivity contribution in [1.29, 1.82) is 0 Å². The first-order chi connectivity index (χ1) is 12.1. The minimum atomic E-state index is -0.304. The Morgan fingerprint density at radius 3 is 2.52 bits per heavy atom. The first-order valence-corrected chi connectivity index (χ1v) is 8.00. The van der Waals surface area contributed by atoms with E-state index in [0.717, 1.165) is 0 Å². The normalized spacial score (nSPS) is 10.3. The molecule has 3 rings (SSSR count). The molecule has 0 radical (unpaired) electrons. The summed E-state index contributed by atoms with van der Waals surface area (Å²) in [5.74, 6) is -0.0236. The van der Waals surface area contributed by atoms with Gasteiger partial charge in [-0.15, -0.1) is 0 Å². The quantitative estimate of drug-likeness (QED) is 0.695. The lowest BCUT2D eigenvalue weighted by molar-refractivity contribution is 0.102. The molecule has 2 N–H and O–H groups in total. The molecule has 0 fully saturated rings. The fraction of sp³-hybridized carbons (Fsp3) is 0.0526. The van der Waals surface area contributed by atoms with Crippen LogP contribution in [0, 0.1) is 5.82 Å². The van der Waals surface area contributed by atoms with Gasteiger partial charge in [0.2, 0.25) is 0 Å². The second kappa shape index (κ2) is 7.77. The highest BCUT2D eigenvalue weighted by atomic mass is 35.5. The van der Waals surface area contributed by atoms with E-state index in [2.05, 4.69) is 15.6 Å². The second-order valence-electron chi connectivity index (χ2n) is 5.31. The molecule has 0 aliphatic rings. The van der Waals surface area contributed by atoms with Crippen LogP contribution < -0.4 is 10.6 Å². The molecule has 6 heteroatoms. The Morgan fingerprint density at radius 1 is 1.04 bits per heavy atom. The van der Waals surface area contributed by atoms with Crippen LogP contribution in [-0.2, 0) is 6.54 Å².